The van der Waals surface area contributed by atoms with Crippen LogP contribution in [-0.2, 0) is 16.6 Å². The number of sulfonamides is 1. The Balaban J connectivity index is 1.72. The number of benzene rings is 1. The number of nitrogens with one attached hydrogen (secondary N) is 2. The van der Waals surface area contributed by atoms with E-state index in [1.165, 1.54) is 18.5 Å². The molecule has 0 atom stereocenters. The molecule has 0 saturated carbocycles. The smallest absolute Gasteiger partial charge is 0.242 e. The average molecular weight is 314 g/mol. The first-order valence-electron chi connectivity index (χ1n) is 6.64. The molecule has 2 heterocycles. The lowest BCUT2D eigenvalue weighted by atomic mass is 10.1. The van der Waals surface area contributed by atoms with E-state index in [9.17, 15) is 8.42 Å². The number of aromatic nitrogens is 3. The standard InChI is InChI=1S/C15H14N4O2S/c20-22(21,14-7-4-8-16-11-14)17-10-13-9-15(19-18-13)12-5-2-1-3-6-12/h1-9,11,17H,10H2,(H,18,19). The first-order chi connectivity index (χ1) is 10.6. The molecule has 0 aliphatic carbocycles. The fourth-order valence-corrected chi connectivity index (χ4v) is 2.94. The Labute approximate surface area is 128 Å². The highest BCUT2D eigenvalue weighted by atomic mass is 32.2. The molecule has 0 amide bonds. The van der Waals surface area contributed by atoms with E-state index in [4.69, 9.17) is 0 Å². The van der Waals surface area contributed by atoms with Crippen LogP contribution >= 0.6 is 0 Å². The first-order valence-corrected chi connectivity index (χ1v) is 8.13. The van der Waals surface area contributed by atoms with Gasteiger partial charge in [0, 0.05) is 18.0 Å². The second-order valence-corrected chi connectivity index (χ2v) is 6.42. The Hall–Kier alpha value is -2.51. The van der Waals surface area contributed by atoms with E-state index in [1.807, 2.05) is 36.4 Å². The highest BCUT2D eigenvalue weighted by Crippen LogP contribution is 2.17. The molecule has 0 fully saturated rings. The van der Waals surface area contributed by atoms with Gasteiger partial charge >= 0.3 is 0 Å². The monoisotopic (exact) mass is 314 g/mol. The lowest BCUT2D eigenvalue weighted by Gasteiger charge is -2.04. The highest BCUT2D eigenvalue weighted by Gasteiger charge is 2.14. The van der Waals surface area contributed by atoms with Gasteiger partial charge in [-0.1, -0.05) is 30.3 Å². The molecule has 0 bridgehead atoms. The van der Waals surface area contributed by atoms with Crippen LogP contribution in [0.15, 0.2) is 65.8 Å². The second kappa shape index (κ2) is 6.08. The lowest BCUT2D eigenvalue weighted by Crippen LogP contribution is -2.23. The zero-order chi connectivity index (χ0) is 15.4. The molecule has 2 N–H and O–H groups in total. The lowest BCUT2D eigenvalue weighted by molar-refractivity contribution is 0.580. The number of rotatable bonds is 5. The average Bonchev–Trinajstić information content (AvgIpc) is 3.04. The third-order valence-electron chi connectivity index (χ3n) is 3.10. The van der Waals surface area contributed by atoms with Gasteiger partial charge < -0.3 is 0 Å². The first kappa shape index (κ1) is 14.4. The second-order valence-electron chi connectivity index (χ2n) is 4.66. The van der Waals surface area contributed by atoms with E-state index < -0.39 is 10.0 Å². The van der Waals surface area contributed by atoms with Crippen LogP contribution in [0.5, 0.6) is 0 Å². The molecule has 6 nitrogen and oxygen atoms in total. The molecule has 0 spiro atoms. The van der Waals surface area contributed by atoms with E-state index >= 15 is 0 Å². The summed E-state index contributed by atoms with van der Waals surface area (Å²) in [6, 6.07) is 14.6. The normalized spacial score (nSPS) is 11.5. The Bertz CT molecular complexity index is 846. The molecule has 112 valence electrons. The molecule has 7 heteroatoms. The van der Waals surface area contributed by atoms with Crippen molar-refractivity contribution in [3.8, 4) is 11.3 Å². The van der Waals surface area contributed by atoms with Crippen LogP contribution in [0.25, 0.3) is 11.3 Å². The van der Waals surface area contributed by atoms with Crippen molar-refractivity contribution in [3.05, 3.63) is 66.6 Å². The van der Waals surface area contributed by atoms with Crippen molar-refractivity contribution >= 4 is 10.0 Å². The van der Waals surface area contributed by atoms with E-state index in [0.717, 1.165) is 11.3 Å². The minimum absolute atomic E-state index is 0.136. The highest BCUT2D eigenvalue weighted by molar-refractivity contribution is 7.89. The summed E-state index contributed by atoms with van der Waals surface area (Å²) < 4.78 is 26.7. The molecular weight excluding hydrogens is 300 g/mol. The minimum Gasteiger partial charge on any atom is -0.281 e. The third-order valence-corrected chi connectivity index (χ3v) is 4.48. The molecule has 0 aliphatic rings. The van der Waals surface area contributed by atoms with Crippen LogP contribution in [-0.4, -0.2) is 23.6 Å². The molecule has 0 aliphatic heterocycles. The number of H-pyrrole nitrogens is 1. The SMILES string of the molecule is O=S(=O)(NCc1cc(-c2ccccc2)n[nH]1)c1cccnc1. The molecule has 0 unspecified atom stereocenters. The number of hydrogen-bond acceptors (Lipinski definition) is 4. The van der Waals surface area contributed by atoms with Crippen molar-refractivity contribution in [2.24, 2.45) is 0 Å². The van der Waals surface area contributed by atoms with Crippen LogP contribution < -0.4 is 4.72 Å². The van der Waals surface area contributed by atoms with Crippen molar-refractivity contribution < 1.29 is 8.42 Å². The van der Waals surface area contributed by atoms with Crippen molar-refractivity contribution in [3.63, 3.8) is 0 Å². The van der Waals surface area contributed by atoms with E-state index in [-0.39, 0.29) is 11.4 Å². The van der Waals surface area contributed by atoms with Gasteiger partial charge in [0.15, 0.2) is 0 Å². The maximum absolute atomic E-state index is 12.1. The molecule has 22 heavy (non-hydrogen) atoms. The maximum Gasteiger partial charge on any atom is 0.242 e. The fraction of sp³-hybridized carbons (Fsp3) is 0.0667. The third kappa shape index (κ3) is 3.21. The van der Waals surface area contributed by atoms with Crippen LogP contribution in [0.4, 0.5) is 0 Å². The van der Waals surface area contributed by atoms with Gasteiger partial charge in [-0.05, 0) is 18.2 Å². The largest absolute Gasteiger partial charge is 0.281 e. The van der Waals surface area contributed by atoms with E-state index in [2.05, 4.69) is 19.9 Å². The number of hydrogen-bond donors (Lipinski definition) is 2. The fourth-order valence-electron chi connectivity index (χ4n) is 1.97. The van der Waals surface area contributed by atoms with Crippen LogP contribution in [0.3, 0.4) is 0 Å². The quantitative estimate of drug-likeness (QED) is 0.753. The van der Waals surface area contributed by atoms with Gasteiger partial charge in [0.2, 0.25) is 10.0 Å². The van der Waals surface area contributed by atoms with Gasteiger partial charge in [-0.15, -0.1) is 0 Å². The zero-order valence-electron chi connectivity index (χ0n) is 11.6. The Morgan fingerprint density at radius 2 is 1.91 bits per heavy atom. The summed E-state index contributed by atoms with van der Waals surface area (Å²) in [7, 11) is -3.57. The molecule has 0 radical (unpaired) electrons. The van der Waals surface area contributed by atoms with Crippen LogP contribution in [0.1, 0.15) is 5.69 Å². The van der Waals surface area contributed by atoms with E-state index in [1.54, 1.807) is 6.07 Å². The molecule has 0 saturated heterocycles. The summed E-state index contributed by atoms with van der Waals surface area (Å²) in [5.41, 5.74) is 2.43. The number of nitrogens with zero attached hydrogens (tertiary/aromatic N) is 2. The summed E-state index contributed by atoms with van der Waals surface area (Å²) in [5.74, 6) is 0. The summed E-state index contributed by atoms with van der Waals surface area (Å²) >= 11 is 0. The van der Waals surface area contributed by atoms with Gasteiger partial charge in [0.25, 0.3) is 0 Å². The summed E-state index contributed by atoms with van der Waals surface area (Å²) in [4.78, 5) is 3.95. The molecule has 3 aromatic rings. The van der Waals surface area contributed by atoms with Gasteiger partial charge in [0.05, 0.1) is 17.9 Å². The van der Waals surface area contributed by atoms with Gasteiger partial charge in [-0.25, -0.2) is 13.1 Å². The topological polar surface area (TPSA) is 87.7 Å². The number of pyridine rings is 1. The predicted octanol–water partition coefficient (Wildman–Crippen LogP) is 1.95. The zero-order valence-corrected chi connectivity index (χ0v) is 12.4. The Kier molecular flexibility index (Phi) is 3.99. The van der Waals surface area contributed by atoms with Crippen molar-refractivity contribution in [2.75, 3.05) is 0 Å². The molecule has 2 aromatic heterocycles. The summed E-state index contributed by atoms with van der Waals surface area (Å²) in [6.07, 6.45) is 2.84. The molecule has 1 aromatic carbocycles. The minimum atomic E-state index is -3.57. The van der Waals surface area contributed by atoms with Crippen molar-refractivity contribution in [2.45, 2.75) is 11.4 Å². The molecule has 3 rings (SSSR count). The van der Waals surface area contributed by atoms with Gasteiger partial charge in [-0.2, -0.15) is 5.10 Å². The van der Waals surface area contributed by atoms with Crippen molar-refractivity contribution in [1.29, 1.82) is 0 Å². The number of aromatic amines is 1. The summed E-state index contributed by atoms with van der Waals surface area (Å²) in [5, 5.41) is 7.02. The van der Waals surface area contributed by atoms with Crippen LogP contribution in [0.2, 0.25) is 0 Å². The Morgan fingerprint density at radius 3 is 2.64 bits per heavy atom. The maximum atomic E-state index is 12.1. The van der Waals surface area contributed by atoms with Gasteiger partial charge in [0.1, 0.15) is 4.90 Å². The predicted molar refractivity (Wildman–Crippen MR) is 82.3 cm³/mol. The van der Waals surface area contributed by atoms with Crippen LogP contribution in [0, 0.1) is 0 Å². The van der Waals surface area contributed by atoms with Gasteiger partial charge in [-0.3, -0.25) is 10.1 Å². The van der Waals surface area contributed by atoms with Crippen molar-refractivity contribution in [1.82, 2.24) is 19.9 Å². The van der Waals surface area contributed by atoms with E-state index in [0.29, 0.717) is 5.69 Å². The summed E-state index contributed by atoms with van der Waals surface area (Å²) in [6.45, 7) is 0.136. The molecular formula is C15H14N4O2S. The Morgan fingerprint density at radius 1 is 1.09 bits per heavy atom.